The van der Waals surface area contributed by atoms with Crippen LogP contribution in [0.1, 0.15) is 12.2 Å². The third kappa shape index (κ3) is 6.15. The maximum atomic E-state index is 12.0. The predicted octanol–water partition coefficient (Wildman–Crippen LogP) is 0.914. The molecule has 0 spiro atoms. The summed E-state index contributed by atoms with van der Waals surface area (Å²) in [5, 5.41) is 0. The molecule has 0 atom stereocenters. The van der Waals surface area contributed by atoms with Crippen molar-refractivity contribution in [2.45, 2.75) is 19.1 Å². The second-order valence-corrected chi connectivity index (χ2v) is 6.16. The fourth-order valence-electron chi connectivity index (χ4n) is 1.22. The molecule has 1 rings (SSSR count). The highest BCUT2D eigenvalue weighted by atomic mass is 32.2. The van der Waals surface area contributed by atoms with Gasteiger partial charge in [0.25, 0.3) is 0 Å². The molecule has 0 bridgehead atoms. The van der Waals surface area contributed by atoms with Gasteiger partial charge in [-0.25, -0.2) is 23.1 Å². The molecule has 0 aliphatic rings. The smallest absolute Gasteiger partial charge is 0.363 e. The number of alkyl halides is 3. The van der Waals surface area contributed by atoms with Gasteiger partial charge in [0.2, 0.25) is 10.0 Å². The standard InChI is InChI=1S/C10H15F3N4O2S/c1-17(2)9-3-5-14-8(16-9)7-15-20(18,19)6-4-10(11,12)13/h3,5,15H,4,6-7H2,1-2H3. The van der Waals surface area contributed by atoms with Gasteiger partial charge in [0.15, 0.2) is 0 Å². The third-order valence-corrected chi connectivity index (χ3v) is 3.58. The first-order valence-electron chi connectivity index (χ1n) is 5.62. The maximum Gasteiger partial charge on any atom is 0.390 e. The van der Waals surface area contributed by atoms with E-state index in [1.54, 1.807) is 25.1 Å². The van der Waals surface area contributed by atoms with E-state index in [0.29, 0.717) is 5.82 Å². The average molecular weight is 312 g/mol. The van der Waals surface area contributed by atoms with Crippen LogP contribution in [0.4, 0.5) is 19.0 Å². The van der Waals surface area contributed by atoms with Gasteiger partial charge in [0, 0.05) is 20.3 Å². The molecule has 1 aromatic rings. The number of nitrogens with zero attached hydrogens (tertiary/aromatic N) is 3. The zero-order valence-corrected chi connectivity index (χ0v) is 11.8. The van der Waals surface area contributed by atoms with Crippen LogP contribution in [-0.4, -0.2) is 44.4 Å². The lowest BCUT2D eigenvalue weighted by atomic mass is 10.5. The fraction of sp³-hybridized carbons (Fsp3) is 0.600. The first kappa shape index (κ1) is 16.6. The van der Waals surface area contributed by atoms with Crippen molar-refractivity contribution in [2.24, 2.45) is 0 Å². The number of hydrogen-bond acceptors (Lipinski definition) is 5. The molecule has 0 saturated heterocycles. The van der Waals surface area contributed by atoms with Crippen molar-refractivity contribution in [3.63, 3.8) is 0 Å². The molecule has 0 aliphatic carbocycles. The van der Waals surface area contributed by atoms with Gasteiger partial charge in [-0.15, -0.1) is 0 Å². The van der Waals surface area contributed by atoms with Gasteiger partial charge < -0.3 is 4.90 Å². The van der Waals surface area contributed by atoms with E-state index >= 15 is 0 Å². The van der Waals surface area contributed by atoms with E-state index in [4.69, 9.17) is 0 Å². The van der Waals surface area contributed by atoms with Crippen molar-refractivity contribution in [3.05, 3.63) is 18.1 Å². The van der Waals surface area contributed by atoms with E-state index < -0.39 is 28.4 Å². The van der Waals surface area contributed by atoms with Gasteiger partial charge in [-0.05, 0) is 6.07 Å². The minimum atomic E-state index is -4.50. The number of aromatic nitrogens is 2. The second-order valence-electron chi connectivity index (χ2n) is 4.23. The summed E-state index contributed by atoms with van der Waals surface area (Å²) in [5.41, 5.74) is 0. The molecule has 10 heteroatoms. The van der Waals surface area contributed by atoms with Crippen molar-refractivity contribution in [1.82, 2.24) is 14.7 Å². The molecule has 6 nitrogen and oxygen atoms in total. The molecule has 0 saturated carbocycles. The summed E-state index contributed by atoms with van der Waals surface area (Å²) in [6, 6.07) is 1.63. The van der Waals surface area contributed by atoms with E-state index in [9.17, 15) is 21.6 Å². The Labute approximate surface area is 115 Å². The molecule has 0 aliphatic heterocycles. The summed E-state index contributed by atoms with van der Waals surface area (Å²) in [7, 11) is -0.510. The monoisotopic (exact) mass is 312 g/mol. The Morgan fingerprint density at radius 2 is 2.00 bits per heavy atom. The molecule has 0 aromatic carbocycles. The van der Waals surface area contributed by atoms with Gasteiger partial charge in [-0.1, -0.05) is 0 Å². The van der Waals surface area contributed by atoms with E-state index in [1.165, 1.54) is 6.20 Å². The molecule has 0 unspecified atom stereocenters. The third-order valence-electron chi connectivity index (χ3n) is 2.25. The highest BCUT2D eigenvalue weighted by Gasteiger charge is 2.29. The molecule has 0 radical (unpaired) electrons. The minimum absolute atomic E-state index is 0.187. The first-order valence-corrected chi connectivity index (χ1v) is 7.28. The summed E-state index contributed by atoms with van der Waals surface area (Å²) >= 11 is 0. The predicted molar refractivity (Wildman–Crippen MR) is 67.7 cm³/mol. The zero-order valence-electron chi connectivity index (χ0n) is 11.0. The average Bonchev–Trinajstić information content (AvgIpc) is 2.34. The highest BCUT2D eigenvalue weighted by molar-refractivity contribution is 7.89. The lowest BCUT2D eigenvalue weighted by molar-refractivity contribution is -0.129. The quantitative estimate of drug-likeness (QED) is 0.845. The molecule has 114 valence electrons. The number of anilines is 1. The summed E-state index contributed by atoms with van der Waals surface area (Å²) in [5.74, 6) is -0.250. The van der Waals surface area contributed by atoms with E-state index in [1.807, 2.05) is 4.72 Å². The van der Waals surface area contributed by atoms with Crippen LogP contribution >= 0.6 is 0 Å². The molecule has 0 amide bonds. The summed E-state index contributed by atoms with van der Waals surface area (Å²) < 4.78 is 60.7. The van der Waals surface area contributed by atoms with Gasteiger partial charge in [-0.2, -0.15) is 13.2 Å². The number of nitrogens with one attached hydrogen (secondary N) is 1. The van der Waals surface area contributed by atoms with Gasteiger partial charge in [0.1, 0.15) is 11.6 Å². The summed E-state index contributed by atoms with van der Waals surface area (Å²) in [6.45, 7) is -0.248. The van der Waals surface area contributed by atoms with Crippen molar-refractivity contribution in [2.75, 3.05) is 24.7 Å². The van der Waals surface area contributed by atoms with Crippen molar-refractivity contribution in [3.8, 4) is 0 Å². The van der Waals surface area contributed by atoms with Crippen LogP contribution in [0.3, 0.4) is 0 Å². The second kappa shape index (κ2) is 6.35. The normalized spacial score (nSPS) is 12.4. The molecular formula is C10H15F3N4O2S. The SMILES string of the molecule is CN(C)c1ccnc(CNS(=O)(=O)CCC(F)(F)F)n1. The molecule has 1 heterocycles. The van der Waals surface area contributed by atoms with Gasteiger partial charge >= 0.3 is 6.18 Å². The first-order chi connectivity index (χ1) is 9.09. The van der Waals surface area contributed by atoms with E-state index in [-0.39, 0.29) is 12.4 Å². The van der Waals surface area contributed by atoms with Crippen molar-refractivity contribution < 1.29 is 21.6 Å². The number of hydrogen-bond donors (Lipinski definition) is 1. The lowest BCUT2D eigenvalue weighted by Gasteiger charge is -2.12. The van der Waals surface area contributed by atoms with Crippen LogP contribution in [0, 0.1) is 0 Å². The van der Waals surface area contributed by atoms with Gasteiger partial charge in [-0.3, -0.25) is 0 Å². The van der Waals surface area contributed by atoms with Crippen LogP contribution < -0.4 is 9.62 Å². The topological polar surface area (TPSA) is 75.2 Å². The fourth-order valence-corrected chi connectivity index (χ4v) is 2.21. The Hall–Kier alpha value is -1.42. The number of sulfonamides is 1. The Morgan fingerprint density at radius 1 is 1.35 bits per heavy atom. The summed E-state index contributed by atoms with van der Waals surface area (Å²) in [4.78, 5) is 9.59. The molecular weight excluding hydrogens is 297 g/mol. The molecule has 1 aromatic heterocycles. The molecule has 20 heavy (non-hydrogen) atoms. The zero-order chi connectivity index (χ0) is 15.4. The summed E-state index contributed by atoms with van der Waals surface area (Å²) in [6.07, 6.45) is -4.45. The Bertz CT molecular complexity index is 546. The maximum absolute atomic E-state index is 12.0. The minimum Gasteiger partial charge on any atom is -0.363 e. The number of halogens is 3. The highest BCUT2D eigenvalue weighted by Crippen LogP contribution is 2.19. The van der Waals surface area contributed by atoms with Crippen LogP contribution in [-0.2, 0) is 16.6 Å². The van der Waals surface area contributed by atoms with E-state index in [0.717, 1.165) is 0 Å². The van der Waals surface area contributed by atoms with Crippen LogP contribution in [0.25, 0.3) is 0 Å². The van der Waals surface area contributed by atoms with Crippen LogP contribution in [0.5, 0.6) is 0 Å². The Kier molecular flexibility index (Phi) is 5.28. The molecule has 0 fully saturated rings. The number of rotatable bonds is 6. The van der Waals surface area contributed by atoms with E-state index in [2.05, 4.69) is 9.97 Å². The lowest BCUT2D eigenvalue weighted by Crippen LogP contribution is -2.29. The van der Waals surface area contributed by atoms with Crippen LogP contribution in [0.15, 0.2) is 12.3 Å². The van der Waals surface area contributed by atoms with Crippen molar-refractivity contribution in [1.29, 1.82) is 0 Å². The molecule has 1 N–H and O–H groups in total. The van der Waals surface area contributed by atoms with Crippen molar-refractivity contribution >= 4 is 15.8 Å². The Morgan fingerprint density at radius 3 is 2.55 bits per heavy atom. The van der Waals surface area contributed by atoms with Crippen LogP contribution in [0.2, 0.25) is 0 Å². The van der Waals surface area contributed by atoms with Gasteiger partial charge in [0.05, 0.1) is 18.7 Å². The largest absolute Gasteiger partial charge is 0.390 e. The Balaban J connectivity index is 2.60.